The molecule has 1 heterocycles. The van der Waals surface area contributed by atoms with E-state index in [0.29, 0.717) is 0 Å². The SMILES string of the molecule is O=C(O)c1nc[nH]c1C(=O)O.[Zn]. The first-order valence-electron chi connectivity index (χ1n) is 2.63. The minimum atomic E-state index is -1.36. The summed E-state index contributed by atoms with van der Waals surface area (Å²) in [5.41, 5.74) is -0.880. The molecule has 60 valence electrons. The van der Waals surface area contributed by atoms with Crippen LogP contribution in [0.25, 0.3) is 0 Å². The van der Waals surface area contributed by atoms with Crippen molar-refractivity contribution in [1.29, 1.82) is 0 Å². The summed E-state index contributed by atoms with van der Waals surface area (Å²) in [5.74, 6) is -2.69. The van der Waals surface area contributed by atoms with Crippen molar-refractivity contribution in [2.24, 2.45) is 0 Å². The van der Waals surface area contributed by atoms with E-state index in [4.69, 9.17) is 10.2 Å². The fraction of sp³-hybridized carbons (Fsp3) is 0. The van der Waals surface area contributed by atoms with E-state index in [1.165, 1.54) is 0 Å². The number of aromatic nitrogens is 2. The Balaban J connectivity index is 0.00000121. The van der Waals surface area contributed by atoms with Gasteiger partial charge in [0, 0.05) is 19.5 Å². The molecule has 0 aliphatic heterocycles. The van der Waals surface area contributed by atoms with Crippen LogP contribution in [0.4, 0.5) is 0 Å². The molecule has 7 heteroatoms. The number of hydrogen-bond acceptors (Lipinski definition) is 3. The van der Waals surface area contributed by atoms with Crippen LogP contribution in [0.15, 0.2) is 6.33 Å². The first-order valence-corrected chi connectivity index (χ1v) is 2.63. The van der Waals surface area contributed by atoms with Crippen molar-refractivity contribution < 1.29 is 39.3 Å². The van der Waals surface area contributed by atoms with E-state index < -0.39 is 23.3 Å². The molecule has 3 N–H and O–H groups in total. The van der Waals surface area contributed by atoms with Gasteiger partial charge in [0.05, 0.1) is 6.33 Å². The Morgan fingerprint density at radius 1 is 1.33 bits per heavy atom. The van der Waals surface area contributed by atoms with Crippen molar-refractivity contribution in [2.75, 3.05) is 0 Å². The van der Waals surface area contributed by atoms with Gasteiger partial charge in [-0.1, -0.05) is 0 Å². The van der Waals surface area contributed by atoms with Crippen LogP contribution in [-0.2, 0) is 19.5 Å². The van der Waals surface area contributed by atoms with E-state index in [2.05, 4.69) is 9.97 Å². The third-order valence-corrected chi connectivity index (χ3v) is 1.06. The van der Waals surface area contributed by atoms with Gasteiger partial charge in [0.2, 0.25) is 0 Å². The number of H-pyrrole nitrogens is 1. The van der Waals surface area contributed by atoms with E-state index in [1.807, 2.05) is 0 Å². The number of carboxylic acids is 2. The van der Waals surface area contributed by atoms with Crippen LogP contribution in [0.2, 0.25) is 0 Å². The van der Waals surface area contributed by atoms with Crippen LogP contribution in [0.3, 0.4) is 0 Å². The van der Waals surface area contributed by atoms with Gasteiger partial charge in [-0.05, 0) is 0 Å². The van der Waals surface area contributed by atoms with Crippen molar-refractivity contribution in [3.8, 4) is 0 Å². The van der Waals surface area contributed by atoms with Gasteiger partial charge >= 0.3 is 11.9 Å². The fourth-order valence-electron chi connectivity index (χ4n) is 0.619. The summed E-state index contributed by atoms with van der Waals surface area (Å²) in [6.45, 7) is 0. The molecule has 0 aliphatic carbocycles. The molecule has 0 bridgehead atoms. The number of nitrogens with zero attached hydrogens (tertiary/aromatic N) is 1. The summed E-state index contributed by atoms with van der Waals surface area (Å²) in [6.07, 6.45) is 1.02. The molecule has 0 atom stereocenters. The Bertz CT molecular complexity index is 280. The Labute approximate surface area is 79.4 Å². The largest absolute Gasteiger partial charge is 0.477 e. The molecule has 0 fully saturated rings. The first-order chi connectivity index (χ1) is 5.13. The molecular formula is C5H4N2O4Zn. The van der Waals surface area contributed by atoms with Crippen molar-refractivity contribution >= 4 is 11.9 Å². The quantitative estimate of drug-likeness (QED) is 0.600. The molecule has 0 aliphatic rings. The summed E-state index contributed by atoms with van der Waals surface area (Å²) in [7, 11) is 0. The van der Waals surface area contributed by atoms with Crippen molar-refractivity contribution in [1.82, 2.24) is 9.97 Å². The number of imidazole rings is 1. The minimum absolute atomic E-state index is 0. The van der Waals surface area contributed by atoms with Crippen LogP contribution in [0.1, 0.15) is 21.0 Å². The van der Waals surface area contributed by atoms with Gasteiger partial charge in [-0.3, -0.25) is 0 Å². The first kappa shape index (κ1) is 10.8. The fourth-order valence-corrected chi connectivity index (χ4v) is 0.619. The third-order valence-electron chi connectivity index (χ3n) is 1.06. The van der Waals surface area contributed by atoms with Crippen molar-refractivity contribution in [2.45, 2.75) is 0 Å². The van der Waals surface area contributed by atoms with Gasteiger partial charge in [-0.2, -0.15) is 0 Å². The average molecular weight is 221 g/mol. The predicted octanol–water partition coefficient (Wildman–Crippen LogP) is -0.196. The minimum Gasteiger partial charge on any atom is -0.477 e. The molecule has 1 rings (SSSR count). The molecule has 6 nitrogen and oxygen atoms in total. The molecular weight excluding hydrogens is 217 g/mol. The van der Waals surface area contributed by atoms with Crippen LogP contribution < -0.4 is 0 Å². The topological polar surface area (TPSA) is 103 Å². The van der Waals surface area contributed by atoms with Gasteiger partial charge in [0.15, 0.2) is 11.4 Å². The molecule has 0 spiro atoms. The zero-order valence-corrected chi connectivity index (χ0v) is 8.91. The average Bonchev–Trinajstić information content (AvgIpc) is 2.32. The van der Waals surface area contributed by atoms with Crippen LogP contribution in [0, 0.1) is 0 Å². The second-order valence-electron chi connectivity index (χ2n) is 1.74. The Kier molecular flexibility index (Phi) is 3.56. The number of carbonyl (C=O) groups is 2. The third kappa shape index (κ3) is 1.88. The Morgan fingerprint density at radius 2 is 1.92 bits per heavy atom. The molecule has 0 unspecified atom stereocenters. The number of nitrogens with one attached hydrogen (secondary N) is 1. The summed E-state index contributed by atoms with van der Waals surface area (Å²) in [5, 5.41) is 16.7. The second-order valence-corrected chi connectivity index (χ2v) is 1.74. The Morgan fingerprint density at radius 3 is 2.25 bits per heavy atom. The predicted molar refractivity (Wildman–Crippen MR) is 32.5 cm³/mol. The van der Waals surface area contributed by atoms with Gasteiger partial charge in [0.25, 0.3) is 0 Å². The summed E-state index contributed by atoms with van der Waals surface area (Å²) < 4.78 is 0. The zero-order chi connectivity index (χ0) is 8.43. The number of aromatic carboxylic acids is 2. The Hall–Kier alpha value is -1.23. The monoisotopic (exact) mass is 220 g/mol. The van der Waals surface area contributed by atoms with Crippen molar-refractivity contribution in [3.63, 3.8) is 0 Å². The van der Waals surface area contributed by atoms with Crippen LogP contribution in [0.5, 0.6) is 0 Å². The number of aromatic amines is 1. The van der Waals surface area contributed by atoms with Crippen LogP contribution in [-0.4, -0.2) is 32.1 Å². The van der Waals surface area contributed by atoms with E-state index in [1.54, 1.807) is 0 Å². The zero-order valence-electron chi connectivity index (χ0n) is 5.94. The molecule has 1 aromatic rings. The smallest absolute Gasteiger partial charge is 0.357 e. The summed E-state index contributed by atoms with van der Waals surface area (Å²) >= 11 is 0. The van der Waals surface area contributed by atoms with Gasteiger partial charge in [0.1, 0.15) is 0 Å². The maximum absolute atomic E-state index is 10.3. The molecule has 1 aromatic heterocycles. The molecule has 0 saturated carbocycles. The van der Waals surface area contributed by atoms with E-state index in [9.17, 15) is 9.59 Å². The maximum Gasteiger partial charge on any atom is 0.357 e. The van der Waals surface area contributed by atoms with E-state index in [0.717, 1.165) is 6.33 Å². The molecule has 0 saturated heterocycles. The van der Waals surface area contributed by atoms with Gasteiger partial charge < -0.3 is 15.2 Å². The second kappa shape index (κ2) is 3.97. The molecule has 0 radical (unpaired) electrons. The van der Waals surface area contributed by atoms with E-state index >= 15 is 0 Å². The van der Waals surface area contributed by atoms with Gasteiger partial charge in [-0.25, -0.2) is 14.6 Å². The maximum atomic E-state index is 10.3. The van der Waals surface area contributed by atoms with Crippen LogP contribution >= 0.6 is 0 Å². The van der Waals surface area contributed by atoms with Crippen molar-refractivity contribution in [3.05, 3.63) is 17.7 Å². The summed E-state index contributed by atoms with van der Waals surface area (Å²) in [6, 6.07) is 0. The molecule has 0 aromatic carbocycles. The summed E-state index contributed by atoms with van der Waals surface area (Å²) in [4.78, 5) is 26.0. The van der Waals surface area contributed by atoms with E-state index in [-0.39, 0.29) is 19.5 Å². The number of carboxylic acid groups (broad SMARTS) is 2. The number of hydrogen-bond donors (Lipinski definition) is 3. The molecule has 12 heavy (non-hydrogen) atoms. The normalized spacial score (nSPS) is 8.67. The molecule has 0 amide bonds. The number of rotatable bonds is 2. The standard InChI is InChI=1S/C5H4N2O4.Zn/c8-4(9)2-3(5(10)11)7-1-6-2;/h1H,(H,6,7)(H,8,9)(H,10,11);. The van der Waals surface area contributed by atoms with Gasteiger partial charge in [-0.15, -0.1) is 0 Å².